The molecule has 3 atom stereocenters. The van der Waals surface area contributed by atoms with E-state index in [0.29, 0.717) is 29.7 Å². The lowest BCUT2D eigenvalue weighted by molar-refractivity contribution is -0.145. The van der Waals surface area contributed by atoms with Crippen molar-refractivity contribution in [3.8, 4) is 11.5 Å². The van der Waals surface area contributed by atoms with Crippen molar-refractivity contribution >= 4 is 11.9 Å². The minimum atomic E-state index is -0.631. The summed E-state index contributed by atoms with van der Waals surface area (Å²) in [6, 6.07) is 20.8. The van der Waals surface area contributed by atoms with Crippen LogP contribution in [0.25, 0.3) is 11.5 Å². The number of likely N-dealkylation sites (tertiary alicyclic amines) is 2. The predicted molar refractivity (Wildman–Crippen MR) is 169 cm³/mol. The van der Waals surface area contributed by atoms with Crippen LogP contribution in [0.2, 0.25) is 0 Å². The van der Waals surface area contributed by atoms with Crippen LogP contribution in [0.3, 0.4) is 0 Å². The highest BCUT2D eigenvalue weighted by Gasteiger charge is 2.43. The number of hydrogen-bond acceptors (Lipinski definition) is 7. The fraction of sp³-hybridized carbons (Fsp3) is 0.571. The zero-order chi connectivity index (χ0) is 29.6. The molecule has 0 spiro atoms. The number of rotatable bonds is 11. The largest absolute Gasteiger partial charge is 0.480 e. The summed E-state index contributed by atoms with van der Waals surface area (Å²) >= 11 is 0. The van der Waals surface area contributed by atoms with Crippen LogP contribution in [0.5, 0.6) is 0 Å². The number of aliphatic carboxylic acids is 1. The maximum Gasteiger partial charge on any atom is 0.321 e. The van der Waals surface area contributed by atoms with E-state index >= 15 is 0 Å². The van der Waals surface area contributed by atoms with Gasteiger partial charge in [-0.1, -0.05) is 74.7 Å². The molecule has 2 saturated heterocycles. The third-order valence-electron chi connectivity index (χ3n) is 10.1. The Balaban J connectivity index is 1.12. The number of nitrogens with zero attached hydrogens (tertiary/aromatic N) is 5. The predicted octanol–water partition coefficient (Wildman–Crippen LogP) is 6.17. The average Bonchev–Trinajstić information content (AvgIpc) is 3.70. The summed E-state index contributed by atoms with van der Waals surface area (Å²) in [5.74, 6) is 1.68. The fourth-order valence-corrected chi connectivity index (χ4v) is 7.96. The van der Waals surface area contributed by atoms with Gasteiger partial charge in [0.2, 0.25) is 0 Å². The molecule has 230 valence electrons. The molecule has 1 aromatic heterocycles. The zero-order valence-electron chi connectivity index (χ0n) is 25.6. The van der Waals surface area contributed by atoms with Gasteiger partial charge in [-0.15, -0.1) is 0 Å². The molecule has 2 aromatic carbocycles. The molecule has 1 saturated carbocycles. The van der Waals surface area contributed by atoms with Crippen LogP contribution in [-0.4, -0.2) is 82.4 Å². The maximum absolute atomic E-state index is 12.6. The van der Waals surface area contributed by atoms with Crippen molar-refractivity contribution < 1.29 is 14.4 Å². The van der Waals surface area contributed by atoms with Crippen LogP contribution in [-0.2, 0) is 4.79 Å². The number of hydrogen-bond donors (Lipinski definition) is 1. The van der Waals surface area contributed by atoms with E-state index < -0.39 is 5.97 Å². The molecular formula is C35H47N5O3. The first-order chi connectivity index (χ1) is 21.1. The van der Waals surface area contributed by atoms with Crippen LogP contribution in [0.1, 0.15) is 69.8 Å². The van der Waals surface area contributed by atoms with E-state index in [1.54, 1.807) is 0 Å². The minimum absolute atomic E-state index is 0.272. The van der Waals surface area contributed by atoms with Crippen LogP contribution >= 0.6 is 0 Å². The number of benzene rings is 2. The van der Waals surface area contributed by atoms with Crippen molar-refractivity contribution in [2.75, 3.05) is 44.2 Å². The number of carboxylic acid groups (broad SMARTS) is 1. The number of aromatic nitrogens is 2. The van der Waals surface area contributed by atoms with E-state index in [4.69, 9.17) is 9.51 Å². The Morgan fingerprint density at radius 1 is 0.977 bits per heavy atom. The molecule has 3 aromatic rings. The van der Waals surface area contributed by atoms with E-state index in [0.717, 1.165) is 89.8 Å². The smallest absolute Gasteiger partial charge is 0.321 e. The van der Waals surface area contributed by atoms with Gasteiger partial charge in [-0.25, -0.2) is 0 Å². The summed E-state index contributed by atoms with van der Waals surface area (Å²) in [7, 11) is 0. The SMILES string of the molecule is CCCN(c1noc(-c2ccccc2)n1)C1CCN(CC2CN(C(C(=O)O)C3CCCCC3)CC2c2ccccc2)CC1. The molecule has 43 heavy (non-hydrogen) atoms. The summed E-state index contributed by atoms with van der Waals surface area (Å²) < 4.78 is 5.66. The third-order valence-corrected chi connectivity index (χ3v) is 10.1. The van der Waals surface area contributed by atoms with Gasteiger partial charge in [-0.3, -0.25) is 9.69 Å². The molecule has 0 bridgehead atoms. The summed E-state index contributed by atoms with van der Waals surface area (Å²) in [6.45, 7) is 7.87. The summed E-state index contributed by atoms with van der Waals surface area (Å²) in [4.78, 5) is 24.7. The van der Waals surface area contributed by atoms with Gasteiger partial charge in [-0.2, -0.15) is 4.98 Å². The Labute approximate surface area is 256 Å². The Bertz CT molecular complexity index is 1290. The topological polar surface area (TPSA) is 85.9 Å². The fourth-order valence-electron chi connectivity index (χ4n) is 7.96. The van der Waals surface area contributed by atoms with Gasteiger partial charge in [0, 0.05) is 56.8 Å². The van der Waals surface area contributed by atoms with Crippen molar-refractivity contribution in [3.05, 3.63) is 66.2 Å². The van der Waals surface area contributed by atoms with Gasteiger partial charge in [0.15, 0.2) is 0 Å². The molecule has 3 unspecified atom stereocenters. The van der Waals surface area contributed by atoms with E-state index in [1.807, 2.05) is 30.3 Å². The summed E-state index contributed by atoms with van der Waals surface area (Å²) in [6.07, 6.45) is 8.79. The van der Waals surface area contributed by atoms with Crippen molar-refractivity contribution in [2.45, 2.75) is 76.3 Å². The molecule has 8 heteroatoms. The number of anilines is 1. The highest BCUT2D eigenvalue weighted by molar-refractivity contribution is 5.74. The molecule has 0 amide bonds. The molecule has 6 rings (SSSR count). The lowest BCUT2D eigenvalue weighted by Gasteiger charge is -2.39. The second-order valence-corrected chi connectivity index (χ2v) is 12.9. The van der Waals surface area contributed by atoms with Gasteiger partial charge in [0.25, 0.3) is 11.8 Å². The standard InChI is InChI=1S/C35H47N5O3/c1-2-20-40(35-36-33(43-37-35)28-16-10-5-11-17-28)30-18-21-38(22-19-30)23-29-24-39(25-31(29)26-12-6-3-7-13-26)32(34(41)42)27-14-8-4-9-15-27/h3,5-7,10-13,16-17,27,29-32H,2,4,8-9,14-15,18-25H2,1H3,(H,41,42). The number of carbonyl (C=O) groups is 1. The Kier molecular flexibility index (Phi) is 9.74. The number of carboxylic acids is 1. The quantitative estimate of drug-likeness (QED) is 0.286. The molecule has 1 N–H and O–H groups in total. The molecule has 2 aliphatic heterocycles. The van der Waals surface area contributed by atoms with Gasteiger partial charge in [0.05, 0.1) is 0 Å². The second kappa shape index (κ2) is 14.0. The maximum atomic E-state index is 12.6. The first kappa shape index (κ1) is 29.8. The van der Waals surface area contributed by atoms with Crippen molar-refractivity contribution in [2.24, 2.45) is 11.8 Å². The first-order valence-corrected chi connectivity index (χ1v) is 16.5. The molecule has 3 heterocycles. The van der Waals surface area contributed by atoms with Crippen molar-refractivity contribution in [1.29, 1.82) is 0 Å². The van der Waals surface area contributed by atoms with Gasteiger partial charge in [0.1, 0.15) is 6.04 Å². The molecular weight excluding hydrogens is 538 g/mol. The minimum Gasteiger partial charge on any atom is -0.480 e. The molecule has 3 fully saturated rings. The summed E-state index contributed by atoms with van der Waals surface area (Å²) in [5, 5.41) is 14.7. The van der Waals surface area contributed by atoms with Gasteiger partial charge < -0.3 is 19.4 Å². The van der Waals surface area contributed by atoms with E-state index in [-0.39, 0.29) is 12.0 Å². The Morgan fingerprint density at radius 2 is 1.67 bits per heavy atom. The van der Waals surface area contributed by atoms with E-state index in [2.05, 4.69) is 57.1 Å². The average molecular weight is 586 g/mol. The second-order valence-electron chi connectivity index (χ2n) is 12.9. The molecule has 0 radical (unpaired) electrons. The molecule has 8 nitrogen and oxygen atoms in total. The van der Waals surface area contributed by atoms with Crippen LogP contribution in [0, 0.1) is 11.8 Å². The number of piperidine rings is 1. The lowest BCUT2D eigenvalue weighted by atomic mass is 9.83. The normalized spacial score (nSPS) is 23.4. The summed E-state index contributed by atoms with van der Waals surface area (Å²) in [5.41, 5.74) is 2.29. The molecule has 1 aliphatic carbocycles. The van der Waals surface area contributed by atoms with Gasteiger partial charge in [-0.05, 0) is 66.8 Å². The van der Waals surface area contributed by atoms with Crippen LogP contribution in [0.15, 0.2) is 65.2 Å². The van der Waals surface area contributed by atoms with Gasteiger partial charge >= 0.3 is 5.97 Å². The Hall–Kier alpha value is -3.23. The monoisotopic (exact) mass is 585 g/mol. The highest BCUT2D eigenvalue weighted by Crippen LogP contribution is 2.39. The third kappa shape index (κ3) is 6.96. The van der Waals surface area contributed by atoms with Crippen LogP contribution < -0.4 is 4.90 Å². The van der Waals surface area contributed by atoms with Crippen molar-refractivity contribution in [3.63, 3.8) is 0 Å². The lowest BCUT2D eigenvalue weighted by Crippen LogP contribution is -2.48. The highest BCUT2D eigenvalue weighted by atomic mass is 16.5. The molecule has 3 aliphatic rings. The Morgan fingerprint density at radius 3 is 2.35 bits per heavy atom. The first-order valence-electron chi connectivity index (χ1n) is 16.5. The van der Waals surface area contributed by atoms with E-state index in [9.17, 15) is 9.90 Å². The van der Waals surface area contributed by atoms with Crippen LogP contribution in [0.4, 0.5) is 5.95 Å². The zero-order valence-corrected chi connectivity index (χ0v) is 25.6. The van der Waals surface area contributed by atoms with Crippen molar-refractivity contribution in [1.82, 2.24) is 19.9 Å². The van der Waals surface area contributed by atoms with E-state index in [1.165, 1.54) is 12.0 Å².